The second-order valence-corrected chi connectivity index (χ2v) is 7.27. The Balaban J connectivity index is 1.49. The van der Waals surface area contributed by atoms with E-state index in [9.17, 15) is 4.79 Å². The minimum absolute atomic E-state index is 0.0510. The van der Waals surface area contributed by atoms with E-state index >= 15 is 0 Å². The van der Waals surface area contributed by atoms with Gasteiger partial charge in [0, 0.05) is 37.8 Å². The van der Waals surface area contributed by atoms with Crippen molar-refractivity contribution in [1.29, 1.82) is 0 Å². The number of carbonyl (C=O) groups excluding carboxylic acids is 1. The molecule has 6 heteroatoms. The molecule has 0 atom stereocenters. The molecule has 0 N–H and O–H groups in total. The summed E-state index contributed by atoms with van der Waals surface area (Å²) in [7, 11) is 0. The largest absolute Gasteiger partial charge is 0.360 e. The van der Waals surface area contributed by atoms with Crippen LogP contribution >= 0.6 is 22.9 Å². The van der Waals surface area contributed by atoms with Gasteiger partial charge in [0.25, 0.3) is 0 Å². The summed E-state index contributed by atoms with van der Waals surface area (Å²) in [6.45, 7) is 3.12. The van der Waals surface area contributed by atoms with Crippen molar-refractivity contribution in [3.8, 4) is 0 Å². The maximum absolute atomic E-state index is 12.8. The maximum atomic E-state index is 12.8. The van der Waals surface area contributed by atoms with Gasteiger partial charge in [0.15, 0.2) is 0 Å². The van der Waals surface area contributed by atoms with Crippen LogP contribution < -0.4 is 4.90 Å². The van der Waals surface area contributed by atoms with Crippen LogP contribution in [0.25, 0.3) is 10.9 Å². The first kappa shape index (κ1) is 14.6. The molecular formula is C17H16ClN3OS. The molecule has 23 heavy (non-hydrogen) atoms. The van der Waals surface area contributed by atoms with Gasteiger partial charge in [-0.05, 0) is 24.3 Å². The van der Waals surface area contributed by atoms with E-state index in [2.05, 4.69) is 4.90 Å². The molecule has 1 aliphatic rings. The average Bonchev–Trinajstić information content (AvgIpc) is 3.21. The number of thiophene rings is 1. The monoisotopic (exact) mass is 345 g/mol. The van der Waals surface area contributed by atoms with Crippen molar-refractivity contribution in [3.05, 3.63) is 53.0 Å². The van der Waals surface area contributed by atoms with Crippen molar-refractivity contribution >= 4 is 44.9 Å². The number of amides is 1. The first-order chi connectivity index (χ1) is 11.2. The van der Waals surface area contributed by atoms with Crippen molar-refractivity contribution < 1.29 is 4.79 Å². The van der Waals surface area contributed by atoms with Crippen LogP contribution in [0.3, 0.4) is 0 Å². The Morgan fingerprint density at radius 1 is 1.00 bits per heavy atom. The fourth-order valence-electron chi connectivity index (χ4n) is 2.99. The number of hydrogen-bond donors (Lipinski definition) is 0. The number of fused-ring (bicyclic) bond motifs is 1. The topological polar surface area (TPSA) is 28.5 Å². The number of carbonyl (C=O) groups is 1. The summed E-state index contributed by atoms with van der Waals surface area (Å²) in [4.78, 5) is 17.0. The molecule has 3 heterocycles. The van der Waals surface area contributed by atoms with Gasteiger partial charge in [0.05, 0.1) is 14.9 Å². The maximum Gasteiger partial charge on any atom is 0.328 e. The third-order valence-corrected chi connectivity index (χ3v) is 5.52. The van der Waals surface area contributed by atoms with E-state index < -0.39 is 0 Å². The number of anilines is 1. The summed E-state index contributed by atoms with van der Waals surface area (Å²) >= 11 is 7.59. The molecule has 0 bridgehead atoms. The quantitative estimate of drug-likeness (QED) is 0.663. The summed E-state index contributed by atoms with van der Waals surface area (Å²) in [5, 5.41) is 2.27. The molecule has 118 valence electrons. The summed E-state index contributed by atoms with van der Waals surface area (Å²) in [5.74, 6) is 0. The molecule has 2 aromatic heterocycles. The van der Waals surface area contributed by atoms with Gasteiger partial charge < -0.3 is 9.80 Å². The van der Waals surface area contributed by atoms with Gasteiger partial charge in [-0.2, -0.15) is 0 Å². The van der Waals surface area contributed by atoms with Gasteiger partial charge in [0.2, 0.25) is 0 Å². The van der Waals surface area contributed by atoms with Gasteiger partial charge in [-0.1, -0.05) is 29.8 Å². The highest BCUT2D eigenvalue weighted by atomic mass is 35.5. The molecule has 1 fully saturated rings. The van der Waals surface area contributed by atoms with Gasteiger partial charge in [-0.25, -0.2) is 4.79 Å². The number of aromatic nitrogens is 1. The highest BCUT2D eigenvalue weighted by Crippen LogP contribution is 2.30. The lowest BCUT2D eigenvalue weighted by molar-refractivity contribution is 0.197. The lowest BCUT2D eigenvalue weighted by Crippen LogP contribution is -2.49. The van der Waals surface area contributed by atoms with Gasteiger partial charge in [0.1, 0.15) is 0 Å². The van der Waals surface area contributed by atoms with Crippen molar-refractivity contribution in [1.82, 2.24) is 9.47 Å². The van der Waals surface area contributed by atoms with Gasteiger partial charge in [-0.15, -0.1) is 11.3 Å². The van der Waals surface area contributed by atoms with E-state index in [0.29, 0.717) is 0 Å². The smallest absolute Gasteiger partial charge is 0.328 e. The predicted molar refractivity (Wildman–Crippen MR) is 95.8 cm³/mol. The molecule has 1 amide bonds. The summed E-state index contributed by atoms with van der Waals surface area (Å²) in [6.07, 6.45) is 1.86. The van der Waals surface area contributed by atoms with E-state index in [0.717, 1.165) is 41.4 Å². The minimum atomic E-state index is 0.0510. The second kappa shape index (κ2) is 5.91. The molecule has 4 nitrogen and oxygen atoms in total. The van der Waals surface area contributed by atoms with Crippen LogP contribution in [0.5, 0.6) is 0 Å². The van der Waals surface area contributed by atoms with Crippen LogP contribution in [0.4, 0.5) is 9.80 Å². The van der Waals surface area contributed by atoms with Gasteiger partial charge >= 0.3 is 6.03 Å². The summed E-state index contributed by atoms with van der Waals surface area (Å²) in [6, 6.07) is 14.0. The van der Waals surface area contributed by atoms with Crippen molar-refractivity contribution in [2.24, 2.45) is 0 Å². The molecule has 1 saturated heterocycles. The average molecular weight is 346 g/mol. The number of piperazine rings is 1. The van der Waals surface area contributed by atoms with Crippen LogP contribution in [-0.4, -0.2) is 41.7 Å². The van der Waals surface area contributed by atoms with E-state index in [1.165, 1.54) is 5.00 Å². The highest BCUT2D eigenvalue weighted by molar-refractivity contribution is 7.19. The molecule has 0 aliphatic carbocycles. The van der Waals surface area contributed by atoms with Crippen LogP contribution in [-0.2, 0) is 0 Å². The molecule has 0 radical (unpaired) electrons. The SMILES string of the molecule is O=C(N1CCN(c2ccc(Cl)s2)CC1)n1ccc2ccccc21. The normalized spacial score (nSPS) is 15.3. The lowest BCUT2D eigenvalue weighted by Gasteiger charge is -2.35. The fourth-order valence-corrected chi connectivity index (χ4v) is 4.08. The van der Waals surface area contributed by atoms with Crippen molar-refractivity contribution in [2.75, 3.05) is 31.1 Å². The molecule has 0 unspecified atom stereocenters. The first-order valence-electron chi connectivity index (χ1n) is 7.58. The molecule has 3 aromatic rings. The molecule has 0 spiro atoms. The van der Waals surface area contributed by atoms with E-state index in [-0.39, 0.29) is 6.03 Å². The van der Waals surface area contributed by atoms with E-state index in [4.69, 9.17) is 11.6 Å². The Morgan fingerprint density at radius 3 is 2.52 bits per heavy atom. The Labute approximate surface area is 143 Å². The number of halogens is 1. The number of para-hydroxylation sites is 1. The van der Waals surface area contributed by atoms with E-state index in [1.807, 2.05) is 53.6 Å². The zero-order chi connectivity index (χ0) is 15.8. The lowest BCUT2D eigenvalue weighted by atomic mass is 10.2. The van der Waals surface area contributed by atoms with Crippen molar-refractivity contribution in [2.45, 2.75) is 0 Å². The van der Waals surface area contributed by atoms with Crippen LogP contribution in [0, 0.1) is 0 Å². The Kier molecular flexibility index (Phi) is 3.75. The van der Waals surface area contributed by atoms with E-state index in [1.54, 1.807) is 15.9 Å². The predicted octanol–water partition coefficient (Wildman–Crippen LogP) is 4.15. The van der Waals surface area contributed by atoms with Crippen LogP contribution in [0.2, 0.25) is 4.34 Å². The molecule has 1 aliphatic heterocycles. The standard InChI is InChI=1S/C17H16ClN3OS/c18-15-5-6-16(23-15)19-9-11-20(12-10-19)17(22)21-8-7-13-3-1-2-4-14(13)21/h1-8H,9-12H2. The third-order valence-electron chi connectivity index (χ3n) is 4.23. The number of rotatable bonds is 1. The Bertz CT molecular complexity index is 848. The Hall–Kier alpha value is -1.98. The van der Waals surface area contributed by atoms with Gasteiger partial charge in [-0.3, -0.25) is 4.57 Å². The highest BCUT2D eigenvalue weighted by Gasteiger charge is 2.23. The fraction of sp³-hybridized carbons (Fsp3) is 0.235. The first-order valence-corrected chi connectivity index (χ1v) is 8.77. The third kappa shape index (κ3) is 2.71. The Morgan fingerprint density at radius 2 is 1.78 bits per heavy atom. The molecule has 0 saturated carbocycles. The van der Waals surface area contributed by atoms with Crippen molar-refractivity contribution in [3.63, 3.8) is 0 Å². The minimum Gasteiger partial charge on any atom is -0.360 e. The number of benzene rings is 1. The zero-order valence-corrected chi connectivity index (χ0v) is 14.1. The number of nitrogens with zero attached hydrogens (tertiary/aromatic N) is 3. The molecule has 1 aromatic carbocycles. The second-order valence-electron chi connectivity index (χ2n) is 5.58. The summed E-state index contributed by atoms with van der Waals surface area (Å²) in [5.41, 5.74) is 0.963. The van der Waals surface area contributed by atoms with Crippen LogP contribution in [0.15, 0.2) is 48.7 Å². The number of hydrogen-bond acceptors (Lipinski definition) is 3. The molecular weight excluding hydrogens is 330 g/mol. The molecule has 4 rings (SSSR count). The van der Waals surface area contributed by atoms with Crippen LogP contribution in [0.1, 0.15) is 0 Å². The zero-order valence-electron chi connectivity index (χ0n) is 12.5. The summed E-state index contributed by atoms with van der Waals surface area (Å²) < 4.78 is 2.55.